The number of nitrogens with zero attached hydrogens (tertiary/aromatic N) is 3. The lowest BCUT2D eigenvalue weighted by atomic mass is 10.2. The number of carbonyl (C=O) groups excluding carboxylic acids is 2. The van der Waals surface area contributed by atoms with Crippen LogP contribution < -0.4 is 0 Å². The SMILES string of the molecule is CCCOCCN1CCCN(C(=O)CCN2CCCCCC2=O)CC1. The van der Waals surface area contributed by atoms with Gasteiger partial charge in [0.2, 0.25) is 11.8 Å². The van der Waals surface area contributed by atoms with E-state index in [-0.39, 0.29) is 11.8 Å². The minimum Gasteiger partial charge on any atom is -0.380 e. The molecule has 0 aromatic carbocycles. The monoisotopic (exact) mass is 353 g/mol. The highest BCUT2D eigenvalue weighted by Crippen LogP contribution is 2.12. The molecular weight excluding hydrogens is 318 g/mol. The highest BCUT2D eigenvalue weighted by molar-refractivity contribution is 5.79. The molecule has 2 fully saturated rings. The summed E-state index contributed by atoms with van der Waals surface area (Å²) in [4.78, 5) is 30.8. The van der Waals surface area contributed by atoms with Crippen molar-refractivity contribution in [3.63, 3.8) is 0 Å². The zero-order valence-corrected chi connectivity index (χ0v) is 15.9. The maximum atomic E-state index is 12.5. The minimum absolute atomic E-state index is 0.195. The van der Waals surface area contributed by atoms with Gasteiger partial charge in [-0.1, -0.05) is 13.3 Å². The standard InChI is InChI=1S/C19H35N3O3/c1-2-16-25-17-15-20-9-6-11-22(14-13-20)19(24)8-12-21-10-5-3-4-7-18(21)23/h2-17H2,1H3. The number of likely N-dealkylation sites (tertiary alicyclic amines) is 1. The van der Waals surface area contributed by atoms with Crippen molar-refractivity contribution in [3.05, 3.63) is 0 Å². The van der Waals surface area contributed by atoms with E-state index in [1.807, 2.05) is 9.80 Å². The van der Waals surface area contributed by atoms with E-state index in [4.69, 9.17) is 4.74 Å². The number of carbonyl (C=O) groups is 2. The molecule has 6 nitrogen and oxygen atoms in total. The summed E-state index contributed by atoms with van der Waals surface area (Å²) in [7, 11) is 0. The Bertz CT molecular complexity index is 417. The molecule has 0 radical (unpaired) electrons. The van der Waals surface area contributed by atoms with Crippen molar-refractivity contribution in [2.45, 2.75) is 51.9 Å². The van der Waals surface area contributed by atoms with Crippen LogP contribution in [0, 0.1) is 0 Å². The first-order valence-electron chi connectivity index (χ1n) is 10.1. The van der Waals surface area contributed by atoms with Gasteiger partial charge < -0.3 is 14.5 Å². The summed E-state index contributed by atoms with van der Waals surface area (Å²) in [5.74, 6) is 0.417. The van der Waals surface area contributed by atoms with E-state index in [1.54, 1.807) is 0 Å². The third kappa shape index (κ3) is 7.32. The van der Waals surface area contributed by atoms with Crippen LogP contribution in [0.1, 0.15) is 51.9 Å². The van der Waals surface area contributed by atoms with Crippen LogP contribution in [0.25, 0.3) is 0 Å². The Labute approximate surface area is 152 Å². The Morgan fingerprint density at radius 1 is 0.960 bits per heavy atom. The van der Waals surface area contributed by atoms with Crippen molar-refractivity contribution in [1.29, 1.82) is 0 Å². The first kappa shape index (κ1) is 20.2. The van der Waals surface area contributed by atoms with Gasteiger partial charge in [-0.3, -0.25) is 14.5 Å². The predicted octanol–water partition coefficient (Wildman–Crippen LogP) is 1.74. The molecule has 2 rings (SSSR count). The Hall–Kier alpha value is -1.14. The Morgan fingerprint density at radius 3 is 2.68 bits per heavy atom. The van der Waals surface area contributed by atoms with Gasteiger partial charge in [0.25, 0.3) is 0 Å². The van der Waals surface area contributed by atoms with E-state index < -0.39 is 0 Å². The summed E-state index contributed by atoms with van der Waals surface area (Å²) in [6.07, 6.45) is 6.37. The third-order valence-electron chi connectivity index (χ3n) is 5.11. The quantitative estimate of drug-likeness (QED) is 0.624. The normalized spacial score (nSPS) is 20.4. The second-order valence-corrected chi connectivity index (χ2v) is 7.13. The summed E-state index contributed by atoms with van der Waals surface area (Å²) in [6.45, 7) is 9.65. The smallest absolute Gasteiger partial charge is 0.224 e. The maximum absolute atomic E-state index is 12.5. The lowest BCUT2D eigenvalue weighted by Crippen LogP contribution is -2.39. The minimum atomic E-state index is 0.195. The molecule has 0 unspecified atom stereocenters. The van der Waals surface area contributed by atoms with E-state index >= 15 is 0 Å². The van der Waals surface area contributed by atoms with Crippen LogP contribution in [-0.2, 0) is 14.3 Å². The van der Waals surface area contributed by atoms with E-state index in [0.29, 0.717) is 19.4 Å². The summed E-state index contributed by atoms with van der Waals surface area (Å²) in [5, 5.41) is 0. The number of hydrogen-bond acceptors (Lipinski definition) is 4. The van der Waals surface area contributed by atoms with Crippen molar-refractivity contribution in [3.8, 4) is 0 Å². The van der Waals surface area contributed by atoms with Gasteiger partial charge >= 0.3 is 0 Å². The maximum Gasteiger partial charge on any atom is 0.224 e. The number of ether oxygens (including phenoxy) is 1. The van der Waals surface area contributed by atoms with E-state index in [0.717, 1.165) is 84.6 Å². The Kier molecular flexibility index (Phi) is 9.26. The molecule has 0 atom stereocenters. The van der Waals surface area contributed by atoms with Gasteiger partial charge in [-0.25, -0.2) is 0 Å². The summed E-state index contributed by atoms with van der Waals surface area (Å²) < 4.78 is 5.57. The second-order valence-electron chi connectivity index (χ2n) is 7.13. The largest absolute Gasteiger partial charge is 0.380 e. The van der Waals surface area contributed by atoms with Crippen LogP contribution in [0.15, 0.2) is 0 Å². The molecule has 0 aliphatic carbocycles. The van der Waals surface area contributed by atoms with E-state index in [2.05, 4.69) is 11.8 Å². The van der Waals surface area contributed by atoms with Crippen LogP contribution in [0.5, 0.6) is 0 Å². The molecule has 2 saturated heterocycles. The van der Waals surface area contributed by atoms with Gasteiger partial charge in [-0.15, -0.1) is 0 Å². The molecule has 25 heavy (non-hydrogen) atoms. The highest BCUT2D eigenvalue weighted by Gasteiger charge is 2.21. The van der Waals surface area contributed by atoms with Crippen LogP contribution >= 0.6 is 0 Å². The fourth-order valence-corrected chi connectivity index (χ4v) is 3.55. The van der Waals surface area contributed by atoms with Crippen molar-refractivity contribution in [2.24, 2.45) is 0 Å². The molecule has 144 valence electrons. The molecular formula is C19H35N3O3. The van der Waals surface area contributed by atoms with Crippen molar-refractivity contribution < 1.29 is 14.3 Å². The Balaban J connectivity index is 1.68. The highest BCUT2D eigenvalue weighted by atomic mass is 16.5. The number of rotatable bonds is 8. The van der Waals surface area contributed by atoms with Crippen LogP contribution in [-0.4, -0.2) is 85.5 Å². The zero-order valence-electron chi connectivity index (χ0n) is 15.9. The molecule has 0 saturated carbocycles. The van der Waals surface area contributed by atoms with Gasteiger partial charge in [0.05, 0.1) is 6.61 Å². The van der Waals surface area contributed by atoms with Crippen LogP contribution in [0.4, 0.5) is 0 Å². The van der Waals surface area contributed by atoms with Gasteiger partial charge in [0.15, 0.2) is 0 Å². The molecule has 2 aliphatic rings. The van der Waals surface area contributed by atoms with Crippen LogP contribution in [0.2, 0.25) is 0 Å². The zero-order chi connectivity index (χ0) is 17.9. The van der Waals surface area contributed by atoms with Crippen molar-refractivity contribution in [1.82, 2.24) is 14.7 Å². The average molecular weight is 354 g/mol. The molecule has 0 bridgehead atoms. The molecule has 0 aromatic heterocycles. The lowest BCUT2D eigenvalue weighted by molar-refractivity contribution is -0.134. The fourth-order valence-electron chi connectivity index (χ4n) is 3.55. The van der Waals surface area contributed by atoms with Crippen LogP contribution in [0.3, 0.4) is 0 Å². The first-order valence-corrected chi connectivity index (χ1v) is 10.1. The molecule has 2 heterocycles. The second kappa shape index (κ2) is 11.5. The first-order chi connectivity index (χ1) is 12.2. The molecule has 6 heteroatoms. The fraction of sp³-hybridized carbons (Fsp3) is 0.895. The van der Waals surface area contributed by atoms with Crippen molar-refractivity contribution >= 4 is 11.8 Å². The summed E-state index contributed by atoms with van der Waals surface area (Å²) >= 11 is 0. The van der Waals surface area contributed by atoms with Crippen molar-refractivity contribution in [2.75, 3.05) is 59.0 Å². The summed E-state index contributed by atoms with van der Waals surface area (Å²) in [6, 6.07) is 0. The molecule has 0 spiro atoms. The molecule has 2 amide bonds. The van der Waals surface area contributed by atoms with Gasteiger partial charge in [0, 0.05) is 58.7 Å². The topological polar surface area (TPSA) is 53.1 Å². The number of amides is 2. The molecule has 0 aromatic rings. The van der Waals surface area contributed by atoms with E-state index in [9.17, 15) is 9.59 Å². The number of hydrogen-bond donors (Lipinski definition) is 0. The Morgan fingerprint density at radius 2 is 1.84 bits per heavy atom. The van der Waals surface area contributed by atoms with E-state index in [1.165, 1.54) is 0 Å². The average Bonchev–Trinajstić information content (AvgIpc) is 2.97. The lowest BCUT2D eigenvalue weighted by Gasteiger charge is -2.24. The summed E-state index contributed by atoms with van der Waals surface area (Å²) in [5.41, 5.74) is 0. The molecule has 0 N–H and O–H groups in total. The van der Waals surface area contributed by atoms with Gasteiger partial charge in [-0.2, -0.15) is 0 Å². The van der Waals surface area contributed by atoms with Gasteiger partial charge in [-0.05, 0) is 32.2 Å². The van der Waals surface area contributed by atoms with Gasteiger partial charge in [0.1, 0.15) is 0 Å². The third-order valence-corrected chi connectivity index (χ3v) is 5.11. The molecule has 2 aliphatic heterocycles. The predicted molar refractivity (Wildman–Crippen MR) is 98.4 cm³/mol.